The molecular formula is C8H13N3O2. The van der Waals surface area contributed by atoms with E-state index in [0.29, 0.717) is 13.0 Å². The van der Waals surface area contributed by atoms with Crippen molar-refractivity contribution in [3.8, 4) is 0 Å². The molecule has 1 unspecified atom stereocenters. The first-order valence-corrected chi connectivity index (χ1v) is 4.47. The van der Waals surface area contributed by atoms with Crippen LogP contribution in [0.5, 0.6) is 0 Å². The van der Waals surface area contributed by atoms with Crippen molar-refractivity contribution in [2.45, 2.75) is 30.8 Å². The lowest BCUT2D eigenvalue weighted by atomic mass is 10.2. The molecule has 0 aromatic rings. The van der Waals surface area contributed by atoms with Gasteiger partial charge in [-0.15, -0.1) is 0 Å². The van der Waals surface area contributed by atoms with Gasteiger partial charge in [0.1, 0.15) is 0 Å². The van der Waals surface area contributed by atoms with Gasteiger partial charge in [-0.2, -0.15) is 0 Å². The zero-order chi connectivity index (χ0) is 9.47. The van der Waals surface area contributed by atoms with Crippen molar-refractivity contribution in [2.75, 3.05) is 6.54 Å². The lowest BCUT2D eigenvalue weighted by Gasteiger charge is -2.13. The van der Waals surface area contributed by atoms with Crippen LogP contribution < -0.4 is 16.4 Å². The lowest BCUT2D eigenvalue weighted by molar-refractivity contribution is -0.123. The van der Waals surface area contributed by atoms with Gasteiger partial charge in [-0.3, -0.25) is 9.59 Å². The van der Waals surface area contributed by atoms with Gasteiger partial charge in [-0.05, 0) is 12.8 Å². The van der Waals surface area contributed by atoms with Crippen molar-refractivity contribution >= 4 is 11.8 Å². The smallest absolute Gasteiger partial charge is 0.240 e. The average molecular weight is 183 g/mol. The molecule has 2 rings (SSSR count). The van der Waals surface area contributed by atoms with Gasteiger partial charge in [-0.1, -0.05) is 0 Å². The van der Waals surface area contributed by atoms with E-state index in [1.165, 1.54) is 0 Å². The summed E-state index contributed by atoms with van der Waals surface area (Å²) in [5, 5.41) is 5.42. The summed E-state index contributed by atoms with van der Waals surface area (Å²) in [6.07, 6.45) is 1.89. The van der Waals surface area contributed by atoms with Crippen molar-refractivity contribution in [1.29, 1.82) is 0 Å². The molecular weight excluding hydrogens is 170 g/mol. The second kappa shape index (κ2) is 2.70. The summed E-state index contributed by atoms with van der Waals surface area (Å²) in [5.74, 6) is -0.124. The first-order valence-electron chi connectivity index (χ1n) is 4.47. The molecule has 4 N–H and O–H groups in total. The molecule has 2 aliphatic rings. The van der Waals surface area contributed by atoms with Gasteiger partial charge in [0.25, 0.3) is 0 Å². The molecule has 1 aliphatic heterocycles. The molecule has 5 nitrogen and oxygen atoms in total. The summed E-state index contributed by atoms with van der Waals surface area (Å²) >= 11 is 0. The molecule has 1 aliphatic carbocycles. The number of rotatable bonds is 2. The van der Waals surface area contributed by atoms with Gasteiger partial charge in [0.05, 0.1) is 11.6 Å². The zero-order valence-electron chi connectivity index (χ0n) is 7.30. The maximum atomic E-state index is 11.4. The fraction of sp³-hybridized carbons (Fsp3) is 0.750. The predicted octanol–water partition coefficient (Wildman–Crippen LogP) is -1.52. The molecule has 13 heavy (non-hydrogen) atoms. The van der Waals surface area contributed by atoms with E-state index in [2.05, 4.69) is 10.6 Å². The molecule has 0 spiro atoms. The van der Waals surface area contributed by atoms with Gasteiger partial charge < -0.3 is 16.4 Å². The minimum Gasteiger partial charge on any atom is -0.354 e. The Kier molecular flexibility index (Phi) is 1.76. The van der Waals surface area contributed by atoms with Crippen molar-refractivity contribution in [3.05, 3.63) is 0 Å². The Bertz CT molecular complexity index is 260. The fourth-order valence-electron chi connectivity index (χ4n) is 1.40. The fourth-order valence-corrected chi connectivity index (χ4v) is 1.40. The van der Waals surface area contributed by atoms with E-state index in [4.69, 9.17) is 5.73 Å². The summed E-state index contributed by atoms with van der Waals surface area (Å²) in [7, 11) is 0. The number of nitrogens with two attached hydrogens (primary N) is 1. The van der Waals surface area contributed by atoms with Crippen LogP contribution in [0, 0.1) is 0 Å². The van der Waals surface area contributed by atoms with E-state index in [1.54, 1.807) is 0 Å². The monoisotopic (exact) mass is 183 g/mol. The molecule has 1 atom stereocenters. The Morgan fingerprint density at radius 3 is 2.77 bits per heavy atom. The van der Waals surface area contributed by atoms with Crippen molar-refractivity contribution < 1.29 is 9.59 Å². The number of hydrogen-bond donors (Lipinski definition) is 3. The minimum absolute atomic E-state index is 0.00725. The highest BCUT2D eigenvalue weighted by Gasteiger charge is 2.46. The maximum absolute atomic E-state index is 11.4. The van der Waals surface area contributed by atoms with Crippen LogP contribution in [0.1, 0.15) is 19.3 Å². The Morgan fingerprint density at radius 2 is 2.31 bits per heavy atom. The average Bonchev–Trinajstić information content (AvgIpc) is 2.69. The molecule has 0 radical (unpaired) electrons. The Hall–Kier alpha value is -1.10. The van der Waals surface area contributed by atoms with Crippen LogP contribution >= 0.6 is 0 Å². The molecule has 1 saturated carbocycles. The third-order valence-electron chi connectivity index (χ3n) is 2.55. The SMILES string of the molecule is NC1(C(=O)NC2CNC(=O)C2)CC1. The lowest BCUT2D eigenvalue weighted by Crippen LogP contribution is -2.47. The van der Waals surface area contributed by atoms with E-state index in [9.17, 15) is 9.59 Å². The first-order chi connectivity index (χ1) is 6.10. The van der Waals surface area contributed by atoms with Gasteiger partial charge in [0.2, 0.25) is 11.8 Å². The highest BCUT2D eigenvalue weighted by Crippen LogP contribution is 2.32. The predicted molar refractivity (Wildman–Crippen MR) is 45.7 cm³/mol. The molecule has 0 aromatic heterocycles. The number of carbonyl (C=O) groups is 2. The standard InChI is InChI=1S/C8H13N3O2/c9-8(1-2-8)7(13)11-5-3-6(12)10-4-5/h5H,1-4,9H2,(H,10,12)(H,11,13). The molecule has 5 heteroatoms. The van der Waals surface area contributed by atoms with Crippen LogP contribution in [-0.4, -0.2) is 29.9 Å². The van der Waals surface area contributed by atoms with E-state index >= 15 is 0 Å². The van der Waals surface area contributed by atoms with Crippen molar-refractivity contribution in [3.63, 3.8) is 0 Å². The van der Waals surface area contributed by atoms with Crippen LogP contribution in [-0.2, 0) is 9.59 Å². The zero-order valence-corrected chi connectivity index (χ0v) is 7.30. The quantitative estimate of drug-likeness (QED) is 0.486. The van der Waals surface area contributed by atoms with Crippen molar-refractivity contribution in [1.82, 2.24) is 10.6 Å². The third kappa shape index (κ3) is 1.65. The van der Waals surface area contributed by atoms with E-state index in [1.807, 2.05) is 0 Å². The van der Waals surface area contributed by atoms with Crippen LogP contribution in [0.4, 0.5) is 0 Å². The topological polar surface area (TPSA) is 84.2 Å². The molecule has 72 valence electrons. The highest BCUT2D eigenvalue weighted by atomic mass is 16.2. The maximum Gasteiger partial charge on any atom is 0.240 e. The van der Waals surface area contributed by atoms with Gasteiger partial charge in [0.15, 0.2) is 0 Å². The third-order valence-corrected chi connectivity index (χ3v) is 2.55. The summed E-state index contributed by atoms with van der Waals surface area (Å²) in [6.45, 7) is 0.528. The highest BCUT2D eigenvalue weighted by molar-refractivity contribution is 5.90. The Morgan fingerprint density at radius 1 is 1.62 bits per heavy atom. The molecule has 1 heterocycles. The number of amides is 2. The van der Waals surface area contributed by atoms with Crippen LogP contribution in [0.3, 0.4) is 0 Å². The second-order valence-corrected chi connectivity index (χ2v) is 3.83. The van der Waals surface area contributed by atoms with Gasteiger partial charge in [-0.25, -0.2) is 0 Å². The van der Waals surface area contributed by atoms with E-state index in [-0.39, 0.29) is 17.9 Å². The molecule has 2 amide bonds. The molecule has 0 aromatic carbocycles. The van der Waals surface area contributed by atoms with Crippen LogP contribution in [0.25, 0.3) is 0 Å². The first kappa shape index (κ1) is 8.50. The van der Waals surface area contributed by atoms with Crippen molar-refractivity contribution in [2.24, 2.45) is 5.73 Å². The van der Waals surface area contributed by atoms with Crippen LogP contribution in [0.2, 0.25) is 0 Å². The number of nitrogens with one attached hydrogen (secondary N) is 2. The van der Waals surface area contributed by atoms with E-state index < -0.39 is 5.54 Å². The van der Waals surface area contributed by atoms with Gasteiger partial charge >= 0.3 is 0 Å². The largest absolute Gasteiger partial charge is 0.354 e. The van der Waals surface area contributed by atoms with Gasteiger partial charge in [0, 0.05) is 13.0 Å². The summed E-state index contributed by atoms with van der Waals surface area (Å²) < 4.78 is 0. The normalized spacial score (nSPS) is 29.6. The molecule has 1 saturated heterocycles. The summed E-state index contributed by atoms with van der Waals surface area (Å²) in [4.78, 5) is 22.2. The molecule has 0 bridgehead atoms. The van der Waals surface area contributed by atoms with E-state index in [0.717, 1.165) is 12.8 Å². The molecule has 2 fully saturated rings. The van der Waals surface area contributed by atoms with Crippen LogP contribution in [0.15, 0.2) is 0 Å². The Labute approximate surface area is 76.0 Å². The minimum atomic E-state index is -0.633. The number of hydrogen-bond acceptors (Lipinski definition) is 3. The summed E-state index contributed by atoms with van der Waals surface area (Å²) in [6, 6.07) is -0.0685. The number of carbonyl (C=O) groups excluding carboxylic acids is 2. The second-order valence-electron chi connectivity index (χ2n) is 3.83. The Balaban J connectivity index is 1.84. The summed E-state index contributed by atoms with van der Waals surface area (Å²) in [5.41, 5.74) is 5.05.